The summed E-state index contributed by atoms with van der Waals surface area (Å²) in [5.41, 5.74) is 0.842. The number of hydrogen-bond acceptors (Lipinski definition) is 4. The van der Waals surface area contributed by atoms with Crippen molar-refractivity contribution >= 4 is 26.7 Å². The van der Waals surface area contributed by atoms with Crippen LogP contribution in [0.3, 0.4) is 0 Å². The van der Waals surface area contributed by atoms with Crippen LogP contribution in [0.25, 0.3) is 22.2 Å². The predicted molar refractivity (Wildman–Crippen MR) is 75.6 cm³/mol. The molecule has 0 fully saturated rings. The van der Waals surface area contributed by atoms with Gasteiger partial charge >= 0.3 is 0 Å². The molecule has 3 rings (SSSR count). The quantitative estimate of drug-likeness (QED) is 0.782. The van der Waals surface area contributed by atoms with E-state index in [2.05, 4.69) is 26.1 Å². The average Bonchev–Trinajstić information content (AvgIpc) is 2.88. The van der Waals surface area contributed by atoms with Gasteiger partial charge in [-0.1, -0.05) is 33.2 Å². The van der Waals surface area contributed by atoms with E-state index >= 15 is 0 Å². The summed E-state index contributed by atoms with van der Waals surface area (Å²) in [5, 5.41) is 15.4. The second-order valence-electron chi connectivity index (χ2n) is 4.34. The number of hydrogen-bond donors (Lipinski definition) is 1. The Morgan fingerprint density at radius 3 is 2.63 bits per heavy atom. The van der Waals surface area contributed by atoms with E-state index in [0.29, 0.717) is 11.7 Å². The molecule has 1 aromatic heterocycles. The molecule has 5 heteroatoms. The lowest BCUT2D eigenvalue weighted by molar-refractivity contribution is 0.184. The highest BCUT2D eigenvalue weighted by molar-refractivity contribution is 9.10. The van der Waals surface area contributed by atoms with Gasteiger partial charge in [-0.2, -0.15) is 4.98 Å². The summed E-state index contributed by atoms with van der Waals surface area (Å²) >= 11 is 3.45. The molecule has 0 aliphatic rings. The first kappa shape index (κ1) is 12.3. The molecular formula is C14H11BrN2O2. The third kappa shape index (κ3) is 2.39. The summed E-state index contributed by atoms with van der Waals surface area (Å²) in [6.45, 7) is 1.60. The van der Waals surface area contributed by atoms with Gasteiger partial charge in [-0.25, -0.2) is 0 Å². The lowest BCUT2D eigenvalue weighted by atomic mass is 10.1. The Kier molecular flexibility index (Phi) is 3.08. The molecule has 0 saturated carbocycles. The van der Waals surface area contributed by atoms with E-state index in [0.717, 1.165) is 20.8 Å². The molecule has 0 saturated heterocycles. The lowest BCUT2D eigenvalue weighted by Crippen LogP contribution is -1.92. The number of fused-ring (bicyclic) bond motifs is 1. The lowest BCUT2D eigenvalue weighted by Gasteiger charge is -2.00. The Labute approximate surface area is 118 Å². The van der Waals surface area contributed by atoms with E-state index in [1.54, 1.807) is 6.92 Å². The first-order chi connectivity index (χ1) is 9.13. The number of aromatic nitrogens is 2. The minimum atomic E-state index is -0.728. The third-order valence-corrected chi connectivity index (χ3v) is 3.36. The van der Waals surface area contributed by atoms with Gasteiger partial charge in [0.1, 0.15) is 6.10 Å². The zero-order valence-electron chi connectivity index (χ0n) is 10.2. The number of benzene rings is 2. The Balaban J connectivity index is 2.07. The predicted octanol–water partition coefficient (Wildman–Crippen LogP) is 3.71. The summed E-state index contributed by atoms with van der Waals surface area (Å²) in [5.74, 6) is 0.714. The van der Waals surface area contributed by atoms with Gasteiger partial charge in [0.25, 0.3) is 5.89 Å². The molecule has 1 N–H and O–H groups in total. The van der Waals surface area contributed by atoms with Crippen LogP contribution in [-0.2, 0) is 0 Å². The van der Waals surface area contributed by atoms with Gasteiger partial charge in [0.05, 0.1) is 0 Å². The molecule has 96 valence electrons. The number of rotatable bonds is 2. The maximum atomic E-state index is 9.40. The zero-order valence-corrected chi connectivity index (χ0v) is 11.8. The Hall–Kier alpha value is -1.72. The molecule has 1 unspecified atom stereocenters. The SMILES string of the molecule is CC(O)c1noc(-c2ccc3cc(Br)ccc3c2)n1. The van der Waals surface area contributed by atoms with Crippen molar-refractivity contribution in [2.24, 2.45) is 0 Å². The summed E-state index contributed by atoms with van der Waals surface area (Å²) < 4.78 is 6.20. The highest BCUT2D eigenvalue weighted by atomic mass is 79.9. The number of aliphatic hydroxyl groups excluding tert-OH is 1. The topological polar surface area (TPSA) is 59.2 Å². The molecule has 0 aliphatic carbocycles. The van der Waals surface area contributed by atoms with Gasteiger partial charge in [0, 0.05) is 10.0 Å². The van der Waals surface area contributed by atoms with Crippen LogP contribution in [0.4, 0.5) is 0 Å². The first-order valence-corrected chi connectivity index (χ1v) is 6.64. The van der Waals surface area contributed by atoms with E-state index in [4.69, 9.17) is 4.52 Å². The maximum absolute atomic E-state index is 9.40. The van der Waals surface area contributed by atoms with E-state index < -0.39 is 6.10 Å². The number of aliphatic hydroxyl groups is 1. The molecule has 2 aromatic carbocycles. The Bertz CT molecular complexity index is 737. The highest BCUT2D eigenvalue weighted by Crippen LogP contribution is 2.26. The fourth-order valence-electron chi connectivity index (χ4n) is 1.87. The second-order valence-corrected chi connectivity index (χ2v) is 5.26. The van der Waals surface area contributed by atoms with Crippen LogP contribution < -0.4 is 0 Å². The van der Waals surface area contributed by atoms with Crippen LogP contribution in [0.1, 0.15) is 18.9 Å². The van der Waals surface area contributed by atoms with Crippen molar-refractivity contribution in [2.45, 2.75) is 13.0 Å². The fourth-order valence-corrected chi connectivity index (χ4v) is 2.25. The summed E-state index contributed by atoms with van der Waals surface area (Å²) in [7, 11) is 0. The molecule has 0 amide bonds. The van der Waals surface area contributed by atoms with Crippen LogP contribution in [0.2, 0.25) is 0 Å². The molecule has 0 aliphatic heterocycles. The van der Waals surface area contributed by atoms with Crippen molar-refractivity contribution in [3.05, 3.63) is 46.7 Å². The summed E-state index contributed by atoms with van der Waals surface area (Å²) in [4.78, 5) is 4.17. The molecule has 3 aromatic rings. The van der Waals surface area contributed by atoms with Gasteiger partial charge < -0.3 is 9.63 Å². The maximum Gasteiger partial charge on any atom is 0.258 e. The van der Waals surface area contributed by atoms with Gasteiger partial charge in [-0.15, -0.1) is 0 Å². The van der Waals surface area contributed by atoms with Crippen LogP contribution in [0, 0.1) is 0 Å². The van der Waals surface area contributed by atoms with E-state index in [1.807, 2.05) is 36.4 Å². The second kappa shape index (κ2) is 4.75. The van der Waals surface area contributed by atoms with Crippen LogP contribution in [-0.4, -0.2) is 15.2 Å². The monoisotopic (exact) mass is 318 g/mol. The molecule has 0 bridgehead atoms. The van der Waals surface area contributed by atoms with Crippen molar-refractivity contribution < 1.29 is 9.63 Å². The molecule has 0 radical (unpaired) electrons. The van der Waals surface area contributed by atoms with Crippen LogP contribution >= 0.6 is 15.9 Å². The molecule has 19 heavy (non-hydrogen) atoms. The standard InChI is InChI=1S/C14H11BrN2O2/c1-8(18)13-16-14(19-17-13)11-3-2-10-7-12(15)5-4-9(10)6-11/h2-8,18H,1H3. The van der Waals surface area contributed by atoms with Gasteiger partial charge in [-0.05, 0) is 42.0 Å². The van der Waals surface area contributed by atoms with Crippen molar-refractivity contribution in [1.82, 2.24) is 10.1 Å². The van der Waals surface area contributed by atoms with Gasteiger partial charge in [-0.3, -0.25) is 0 Å². The minimum absolute atomic E-state index is 0.297. The van der Waals surface area contributed by atoms with Gasteiger partial charge in [0.15, 0.2) is 5.82 Å². The molecule has 1 heterocycles. The minimum Gasteiger partial charge on any atom is -0.385 e. The van der Waals surface area contributed by atoms with Gasteiger partial charge in [0.2, 0.25) is 0 Å². The van der Waals surface area contributed by atoms with E-state index in [-0.39, 0.29) is 0 Å². The normalized spacial score (nSPS) is 12.8. The zero-order chi connectivity index (χ0) is 13.4. The molecule has 4 nitrogen and oxygen atoms in total. The largest absolute Gasteiger partial charge is 0.385 e. The Morgan fingerprint density at radius 2 is 1.89 bits per heavy atom. The number of nitrogens with zero attached hydrogens (tertiary/aromatic N) is 2. The van der Waals surface area contributed by atoms with Crippen LogP contribution in [0.15, 0.2) is 45.4 Å². The van der Waals surface area contributed by atoms with E-state index in [9.17, 15) is 5.11 Å². The van der Waals surface area contributed by atoms with E-state index in [1.165, 1.54) is 0 Å². The smallest absolute Gasteiger partial charge is 0.258 e. The number of halogens is 1. The highest BCUT2D eigenvalue weighted by Gasteiger charge is 2.12. The van der Waals surface area contributed by atoms with Crippen molar-refractivity contribution in [2.75, 3.05) is 0 Å². The van der Waals surface area contributed by atoms with Crippen molar-refractivity contribution in [3.8, 4) is 11.5 Å². The van der Waals surface area contributed by atoms with Crippen LogP contribution in [0.5, 0.6) is 0 Å². The Morgan fingerprint density at radius 1 is 1.16 bits per heavy atom. The molecular weight excluding hydrogens is 308 g/mol. The van der Waals surface area contributed by atoms with Crippen molar-refractivity contribution in [1.29, 1.82) is 0 Å². The average molecular weight is 319 g/mol. The summed E-state index contributed by atoms with van der Waals surface area (Å²) in [6.07, 6.45) is -0.728. The van der Waals surface area contributed by atoms with Crippen molar-refractivity contribution in [3.63, 3.8) is 0 Å². The first-order valence-electron chi connectivity index (χ1n) is 5.85. The molecule has 1 atom stereocenters. The fraction of sp³-hybridized carbons (Fsp3) is 0.143. The molecule has 0 spiro atoms. The summed E-state index contributed by atoms with van der Waals surface area (Å²) in [6, 6.07) is 12.0. The third-order valence-electron chi connectivity index (χ3n) is 2.86.